The van der Waals surface area contributed by atoms with Gasteiger partial charge in [0.2, 0.25) is 0 Å². The molecule has 2 aliphatic rings. The van der Waals surface area contributed by atoms with Gasteiger partial charge >= 0.3 is 0 Å². The molecule has 1 fully saturated rings. The lowest BCUT2D eigenvalue weighted by atomic mass is 9.79. The molecule has 2 aromatic rings. The molecular formula is C23H29N3O2. The zero-order valence-electron chi connectivity index (χ0n) is 16.9. The molecule has 1 saturated heterocycles. The first kappa shape index (κ1) is 18.8. The van der Waals surface area contributed by atoms with E-state index < -0.39 is 0 Å². The van der Waals surface area contributed by atoms with Crippen molar-refractivity contribution in [1.29, 1.82) is 0 Å². The number of likely N-dealkylation sites (N-methyl/N-ethyl adjacent to an activating group) is 1. The summed E-state index contributed by atoms with van der Waals surface area (Å²) in [7, 11) is 2.19. The van der Waals surface area contributed by atoms with Crippen LogP contribution in [0.4, 0.5) is 5.69 Å². The van der Waals surface area contributed by atoms with Gasteiger partial charge in [-0.3, -0.25) is 4.99 Å². The van der Waals surface area contributed by atoms with Gasteiger partial charge < -0.3 is 20.1 Å². The molecule has 0 spiro atoms. The van der Waals surface area contributed by atoms with Gasteiger partial charge in [0.15, 0.2) is 11.5 Å². The molecule has 28 heavy (non-hydrogen) atoms. The minimum Gasteiger partial charge on any atom is -0.490 e. The Balaban J connectivity index is 1.87. The van der Waals surface area contributed by atoms with Crippen molar-refractivity contribution in [1.82, 2.24) is 4.90 Å². The second kappa shape index (κ2) is 7.84. The summed E-state index contributed by atoms with van der Waals surface area (Å²) in [6.07, 6.45) is 1.07. The number of fused-ring (bicyclic) bond motifs is 3. The van der Waals surface area contributed by atoms with E-state index in [0.717, 1.165) is 53.5 Å². The van der Waals surface area contributed by atoms with E-state index in [1.54, 1.807) is 0 Å². The summed E-state index contributed by atoms with van der Waals surface area (Å²) >= 11 is 0. The largest absolute Gasteiger partial charge is 0.490 e. The number of hydrogen-bond acceptors (Lipinski definition) is 5. The van der Waals surface area contributed by atoms with Crippen molar-refractivity contribution in [2.24, 2.45) is 4.99 Å². The average molecular weight is 380 g/mol. The number of hydrogen-bond donors (Lipinski definition) is 1. The maximum absolute atomic E-state index is 5.92. The van der Waals surface area contributed by atoms with E-state index in [-0.39, 0.29) is 0 Å². The summed E-state index contributed by atoms with van der Waals surface area (Å²) in [6, 6.07) is 12.6. The number of likely N-dealkylation sites (tertiary alicyclic amines) is 1. The van der Waals surface area contributed by atoms with E-state index in [0.29, 0.717) is 25.2 Å². The zero-order valence-corrected chi connectivity index (χ0v) is 16.9. The molecule has 2 aliphatic heterocycles. The fraction of sp³-hybridized carbons (Fsp3) is 0.435. The Hall–Kier alpha value is -2.53. The maximum atomic E-state index is 5.92. The van der Waals surface area contributed by atoms with Crippen molar-refractivity contribution >= 4 is 11.4 Å². The molecule has 0 saturated carbocycles. The fourth-order valence-corrected chi connectivity index (χ4v) is 4.29. The van der Waals surface area contributed by atoms with Crippen LogP contribution in [0, 0.1) is 0 Å². The minimum atomic E-state index is 0.295. The van der Waals surface area contributed by atoms with Crippen LogP contribution in [-0.4, -0.2) is 50.0 Å². The van der Waals surface area contributed by atoms with Crippen LogP contribution in [0.25, 0.3) is 0 Å². The second-order valence-corrected chi connectivity index (χ2v) is 7.58. The molecule has 0 amide bonds. The molecule has 5 nitrogen and oxygen atoms in total. The lowest BCUT2D eigenvalue weighted by Crippen LogP contribution is -2.41. The fourth-order valence-electron chi connectivity index (χ4n) is 4.29. The Kier molecular flexibility index (Phi) is 5.27. The number of nitrogens with zero attached hydrogens (tertiary/aromatic N) is 2. The molecule has 4 rings (SSSR count). The van der Waals surface area contributed by atoms with Crippen molar-refractivity contribution in [2.45, 2.75) is 32.2 Å². The van der Waals surface area contributed by atoms with Crippen molar-refractivity contribution in [3.63, 3.8) is 0 Å². The van der Waals surface area contributed by atoms with Crippen LogP contribution in [0.1, 0.15) is 42.9 Å². The standard InChI is InChI=1S/C23H29N3O2/c1-4-27-21-12-17-18(13-22(21)28-5-2)23(15-6-8-16(24)9-7-15)25-20-10-11-26(3)14-19(17)20/h6-9,12-13,19-20H,4-5,10-11,14,24H2,1-3H3/t19-,20-/m0/s1. The number of benzene rings is 2. The summed E-state index contributed by atoms with van der Waals surface area (Å²) in [5.41, 5.74) is 11.3. The molecule has 0 aromatic heterocycles. The highest BCUT2D eigenvalue weighted by Crippen LogP contribution is 2.42. The summed E-state index contributed by atoms with van der Waals surface area (Å²) < 4.78 is 11.8. The lowest BCUT2D eigenvalue weighted by Gasteiger charge is -2.39. The van der Waals surface area contributed by atoms with Gasteiger partial charge in [-0.1, -0.05) is 12.1 Å². The smallest absolute Gasteiger partial charge is 0.161 e. The number of rotatable bonds is 5. The van der Waals surface area contributed by atoms with Crippen molar-refractivity contribution in [3.8, 4) is 11.5 Å². The number of nitrogens with two attached hydrogens (primary N) is 1. The summed E-state index contributed by atoms with van der Waals surface area (Å²) in [5.74, 6) is 1.99. The van der Waals surface area contributed by atoms with Gasteiger partial charge in [-0.2, -0.15) is 0 Å². The Bertz CT molecular complexity index is 876. The Labute approximate surface area is 167 Å². The number of aliphatic imine (C=N–C) groups is 1. The topological polar surface area (TPSA) is 60.1 Å². The first-order valence-corrected chi connectivity index (χ1v) is 10.2. The summed E-state index contributed by atoms with van der Waals surface area (Å²) in [6.45, 7) is 7.30. The van der Waals surface area contributed by atoms with E-state index in [2.05, 4.69) is 36.2 Å². The van der Waals surface area contributed by atoms with Crippen LogP contribution in [0.2, 0.25) is 0 Å². The lowest BCUT2D eigenvalue weighted by molar-refractivity contribution is 0.226. The highest BCUT2D eigenvalue weighted by atomic mass is 16.5. The highest BCUT2D eigenvalue weighted by Gasteiger charge is 2.36. The predicted molar refractivity (Wildman–Crippen MR) is 114 cm³/mol. The first-order valence-electron chi connectivity index (χ1n) is 10.2. The van der Waals surface area contributed by atoms with Gasteiger partial charge in [0.1, 0.15) is 0 Å². The molecule has 0 radical (unpaired) electrons. The van der Waals surface area contributed by atoms with Gasteiger partial charge in [0, 0.05) is 29.3 Å². The normalized spacial score (nSPS) is 21.5. The zero-order chi connectivity index (χ0) is 19.7. The van der Waals surface area contributed by atoms with Crippen LogP contribution in [0.15, 0.2) is 41.4 Å². The van der Waals surface area contributed by atoms with Gasteiger partial charge in [-0.25, -0.2) is 0 Å². The molecule has 2 atom stereocenters. The molecule has 2 heterocycles. The third-order valence-corrected chi connectivity index (χ3v) is 5.63. The molecular weight excluding hydrogens is 350 g/mol. The molecule has 2 aromatic carbocycles. The van der Waals surface area contributed by atoms with Crippen LogP contribution in [-0.2, 0) is 0 Å². The number of piperidine rings is 1. The average Bonchev–Trinajstić information content (AvgIpc) is 2.69. The van der Waals surface area contributed by atoms with E-state index in [1.165, 1.54) is 5.56 Å². The maximum Gasteiger partial charge on any atom is 0.161 e. The number of anilines is 1. The van der Waals surface area contributed by atoms with E-state index in [9.17, 15) is 0 Å². The van der Waals surface area contributed by atoms with Crippen LogP contribution in [0.3, 0.4) is 0 Å². The Morgan fingerprint density at radius 2 is 1.75 bits per heavy atom. The summed E-state index contributed by atoms with van der Waals surface area (Å²) in [4.78, 5) is 7.60. The van der Waals surface area contributed by atoms with E-state index in [4.69, 9.17) is 20.2 Å². The second-order valence-electron chi connectivity index (χ2n) is 7.58. The molecule has 0 bridgehead atoms. The molecule has 0 aliphatic carbocycles. The quantitative estimate of drug-likeness (QED) is 0.805. The van der Waals surface area contributed by atoms with Crippen molar-refractivity contribution < 1.29 is 9.47 Å². The first-order chi connectivity index (χ1) is 13.6. The SMILES string of the molecule is CCOc1cc2c(cc1OCC)[C@@H]1CN(C)CC[C@@H]1N=C2c1ccc(N)cc1. The third kappa shape index (κ3) is 3.47. The van der Waals surface area contributed by atoms with Gasteiger partial charge in [-0.15, -0.1) is 0 Å². The number of ether oxygens (including phenoxy) is 2. The highest BCUT2D eigenvalue weighted by molar-refractivity contribution is 6.15. The monoisotopic (exact) mass is 379 g/mol. The summed E-state index contributed by atoms with van der Waals surface area (Å²) in [5, 5.41) is 0. The van der Waals surface area contributed by atoms with Crippen LogP contribution in [0.5, 0.6) is 11.5 Å². The van der Waals surface area contributed by atoms with Crippen molar-refractivity contribution in [2.75, 3.05) is 39.1 Å². The predicted octanol–water partition coefficient (Wildman–Crippen LogP) is 3.70. The molecule has 2 N–H and O–H groups in total. The Morgan fingerprint density at radius 3 is 2.43 bits per heavy atom. The minimum absolute atomic E-state index is 0.295. The number of nitrogen functional groups attached to an aromatic ring is 1. The molecule has 148 valence electrons. The van der Waals surface area contributed by atoms with Crippen LogP contribution >= 0.6 is 0 Å². The Morgan fingerprint density at radius 1 is 1.07 bits per heavy atom. The van der Waals surface area contributed by atoms with Crippen LogP contribution < -0.4 is 15.2 Å². The van der Waals surface area contributed by atoms with Crippen molar-refractivity contribution in [3.05, 3.63) is 53.1 Å². The third-order valence-electron chi connectivity index (χ3n) is 5.63. The molecule has 0 unspecified atom stereocenters. The van der Waals surface area contributed by atoms with E-state index in [1.807, 2.05) is 26.0 Å². The van der Waals surface area contributed by atoms with E-state index >= 15 is 0 Å². The molecule has 5 heteroatoms. The van der Waals surface area contributed by atoms with Gasteiger partial charge in [0.05, 0.1) is 25.0 Å². The van der Waals surface area contributed by atoms with Gasteiger partial charge in [0.25, 0.3) is 0 Å². The van der Waals surface area contributed by atoms with Gasteiger partial charge in [-0.05, 0) is 63.7 Å².